The van der Waals surface area contributed by atoms with Gasteiger partial charge in [-0.1, -0.05) is 35.9 Å². The minimum atomic E-state index is -1.18. The zero-order valence-electron chi connectivity index (χ0n) is 12.2. The number of carbonyl (C=O) groups excluding carboxylic acids is 2. The van der Waals surface area contributed by atoms with Gasteiger partial charge < -0.3 is 9.47 Å². The van der Waals surface area contributed by atoms with E-state index in [1.807, 2.05) is 12.1 Å². The van der Waals surface area contributed by atoms with Crippen molar-refractivity contribution >= 4 is 18.0 Å². The Bertz CT molecular complexity index is 613. The fraction of sp³-hybridized carbons (Fsp3) is 0.412. The van der Waals surface area contributed by atoms with Crippen LogP contribution in [-0.2, 0) is 25.5 Å². The quantitative estimate of drug-likeness (QED) is 0.618. The molecule has 0 spiro atoms. The van der Waals surface area contributed by atoms with Crippen LogP contribution in [0.1, 0.15) is 24.0 Å². The first-order valence-corrected chi connectivity index (χ1v) is 7.06. The zero-order chi connectivity index (χ0) is 15.0. The van der Waals surface area contributed by atoms with Crippen molar-refractivity contribution < 1.29 is 19.1 Å². The molecule has 4 heteroatoms. The molecule has 3 rings (SSSR count). The van der Waals surface area contributed by atoms with Crippen LogP contribution in [0.15, 0.2) is 29.8 Å². The van der Waals surface area contributed by atoms with Crippen molar-refractivity contribution in [1.82, 2.24) is 0 Å². The Morgan fingerprint density at radius 3 is 2.48 bits per heavy atom. The molecule has 4 nitrogen and oxygen atoms in total. The van der Waals surface area contributed by atoms with E-state index < -0.39 is 17.4 Å². The van der Waals surface area contributed by atoms with Gasteiger partial charge in [0.05, 0.1) is 14.2 Å². The second-order valence-electron chi connectivity index (χ2n) is 5.77. The molecule has 1 atom stereocenters. The third-order valence-electron chi connectivity index (χ3n) is 4.64. The summed E-state index contributed by atoms with van der Waals surface area (Å²) in [5.74, 6) is -0.777. The van der Waals surface area contributed by atoms with Gasteiger partial charge in [0.2, 0.25) is 0 Å². The lowest BCUT2D eigenvalue weighted by Gasteiger charge is -2.23. The molecular weight excluding hydrogens is 268 g/mol. The molecule has 0 aromatic heterocycles. The van der Waals surface area contributed by atoms with E-state index in [4.69, 9.17) is 9.47 Å². The molecule has 1 fully saturated rings. The van der Waals surface area contributed by atoms with Gasteiger partial charge in [0.1, 0.15) is 0 Å². The second kappa shape index (κ2) is 5.02. The molecule has 21 heavy (non-hydrogen) atoms. The number of methoxy groups -OCH3 is 2. The summed E-state index contributed by atoms with van der Waals surface area (Å²) < 4.78 is 9.75. The number of esters is 2. The van der Waals surface area contributed by atoms with Crippen LogP contribution in [-0.4, -0.2) is 26.2 Å². The van der Waals surface area contributed by atoms with Gasteiger partial charge in [-0.05, 0) is 36.3 Å². The molecule has 110 valence electrons. The summed E-state index contributed by atoms with van der Waals surface area (Å²) in [5.41, 5.74) is 2.40. The van der Waals surface area contributed by atoms with Crippen molar-refractivity contribution in [3.8, 4) is 0 Å². The molecule has 0 heterocycles. The van der Waals surface area contributed by atoms with Crippen LogP contribution in [0, 0.1) is 11.3 Å². The Labute approximate surface area is 123 Å². The van der Waals surface area contributed by atoms with E-state index in [-0.39, 0.29) is 5.92 Å². The molecule has 0 amide bonds. The number of hydrogen-bond donors (Lipinski definition) is 0. The summed E-state index contributed by atoms with van der Waals surface area (Å²) in [6.07, 6.45) is 3.83. The Morgan fingerprint density at radius 1 is 1.14 bits per heavy atom. The third kappa shape index (κ3) is 2.06. The van der Waals surface area contributed by atoms with E-state index >= 15 is 0 Å². The highest BCUT2D eigenvalue weighted by Gasteiger charge is 2.55. The number of hydrogen-bond acceptors (Lipinski definition) is 4. The van der Waals surface area contributed by atoms with Crippen LogP contribution < -0.4 is 0 Å². The van der Waals surface area contributed by atoms with Gasteiger partial charge in [0, 0.05) is 0 Å². The SMILES string of the molecule is COC(=O)C1(C(=O)OC)CC2=Cc3ccccc3CC2C1. The Morgan fingerprint density at radius 2 is 1.81 bits per heavy atom. The number of rotatable bonds is 2. The third-order valence-corrected chi connectivity index (χ3v) is 4.64. The molecule has 1 aromatic carbocycles. The zero-order valence-corrected chi connectivity index (χ0v) is 12.2. The smallest absolute Gasteiger partial charge is 0.323 e. The predicted molar refractivity (Wildman–Crippen MR) is 77.3 cm³/mol. The van der Waals surface area contributed by atoms with Gasteiger partial charge >= 0.3 is 11.9 Å². The summed E-state index contributed by atoms with van der Waals surface area (Å²) in [6, 6.07) is 8.17. The topological polar surface area (TPSA) is 52.6 Å². The summed E-state index contributed by atoms with van der Waals surface area (Å²) in [7, 11) is 2.64. The standard InChI is InChI=1S/C17H18O4/c1-20-15(18)17(16(19)21-2)9-13-7-11-5-3-4-6-12(11)8-14(13)10-17/h3-7,14H,8-10H2,1-2H3. The molecule has 0 N–H and O–H groups in total. The van der Waals surface area contributed by atoms with Crippen molar-refractivity contribution in [2.75, 3.05) is 14.2 Å². The van der Waals surface area contributed by atoms with E-state index in [1.54, 1.807) is 0 Å². The maximum Gasteiger partial charge on any atom is 0.323 e. The maximum absolute atomic E-state index is 12.2. The lowest BCUT2D eigenvalue weighted by molar-refractivity contribution is -0.168. The van der Waals surface area contributed by atoms with Crippen LogP contribution in [0.3, 0.4) is 0 Å². The fourth-order valence-corrected chi connectivity index (χ4v) is 3.60. The molecule has 2 aliphatic rings. The number of carbonyl (C=O) groups is 2. The van der Waals surface area contributed by atoms with Gasteiger partial charge in [-0.25, -0.2) is 0 Å². The minimum Gasteiger partial charge on any atom is -0.468 e. The van der Waals surface area contributed by atoms with Gasteiger partial charge in [0.15, 0.2) is 5.41 Å². The van der Waals surface area contributed by atoms with Crippen LogP contribution in [0.5, 0.6) is 0 Å². The van der Waals surface area contributed by atoms with E-state index in [1.165, 1.54) is 25.3 Å². The summed E-state index contributed by atoms with van der Waals surface area (Å²) >= 11 is 0. The average Bonchev–Trinajstić information content (AvgIpc) is 2.90. The number of ether oxygens (including phenoxy) is 2. The number of allylic oxidation sites excluding steroid dienone is 1. The van der Waals surface area contributed by atoms with E-state index in [0.29, 0.717) is 12.8 Å². The maximum atomic E-state index is 12.2. The van der Waals surface area contributed by atoms with E-state index in [0.717, 1.165) is 12.0 Å². The average molecular weight is 286 g/mol. The minimum absolute atomic E-state index is 0.207. The van der Waals surface area contributed by atoms with Crippen LogP contribution in [0.25, 0.3) is 6.08 Å². The van der Waals surface area contributed by atoms with Gasteiger partial charge in [-0.15, -0.1) is 0 Å². The molecule has 0 aliphatic heterocycles. The largest absolute Gasteiger partial charge is 0.468 e. The fourth-order valence-electron chi connectivity index (χ4n) is 3.60. The van der Waals surface area contributed by atoms with E-state index in [2.05, 4.69) is 18.2 Å². The van der Waals surface area contributed by atoms with Crippen molar-refractivity contribution in [2.45, 2.75) is 19.3 Å². The molecule has 1 aromatic rings. The molecule has 1 saturated carbocycles. The molecule has 0 saturated heterocycles. The van der Waals surface area contributed by atoms with Gasteiger partial charge in [-0.2, -0.15) is 0 Å². The van der Waals surface area contributed by atoms with Crippen molar-refractivity contribution in [2.24, 2.45) is 11.3 Å². The second-order valence-corrected chi connectivity index (χ2v) is 5.77. The normalized spacial score (nSPS) is 21.8. The van der Waals surface area contributed by atoms with Crippen LogP contribution in [0.2, 0.25) is 0 Å². The number of benzene rings is 1. The van der Waals surface area contributed by atoms with Gasteiger partial charge in [-0.3, -0.25) is 9.59 Å². The summed E-state index contributed by atoms with van der Waals surface area (Å²) in [5, 5.41) is 0. The Kier molecular flexibility index (Phi) is 3.32. The monoisotopic (exact) mass is 286 g/mol. The number of fused-ring (bicyclic) bond motifs is 2. The predicted octanol–water partition coefficient (Wildman–Crippen LogP) is 2.37. The first kappa shape index (κ1) is 13.9. The van der Waals surface area contributed by atoms with Crippen molar-refractivity contribution in [1.29, 1.82) is 0 Å². The molecule has 2 aliphatic carbocycles. The van der Waals surface area contributed by atoms with Crippen molar-refractivity contribution in [3.05, 3.63) is 41.0 Å². The lowest BCUT2D eigenvalue weighted by Crippen LogP contribution is -2.39. The lowest BCUT2D eigenvalue weighted by atomic mass is 9.83. The molecule has 1 unspecified atom stereocenters. The molecule has 0 bridgehead atoms. The highest BCUT2D eigenvalue weighted by Crippen LogP contribution is 2.50. The Hall–Kier alpha value is -2.10. The molecule has 0 radical (unpaired) electrons. The van der Waals surface area contributed by atoms with E-state index in [9.17, 15) is 9.59 Å². The van der Waals surface area contributed by atoms with Gasteiger partial charge in [0.25, 0.3) is 0 Å². The van der Waals surface area contributed by atoms with Crippen LogP contribution in [0.4, 0.5) is 0 Å². The highest BCUT2D eigenvalue weighted by atomic mass is 16.5. The Balaban J connectivity index is 1.98. The molecular formula is C17H18O4. The first-order chi connectivity index (χ1) is 10.1. The summed E-state index contributed by atoms with van der Waals surface area (Å²) in [4.78, 5) is 24.4. The van der Waals surface area contributed by atoms with Crippen molar-refractivity contribution in [3.63, 3.8) is 0 Å². The first-order valence-electron chi connectivity index (χ1n) is 7.06. The highest BCUT2D eigenvalue weighted by molar-refractivity contribution is 6.01. The van der Waals surface area contributed by atoms with Crippen LogP contribution >= 0.6 is 0 Å². The summed E-state index contributed by atoms with van der Waals surface area (Å²) in [6.45, 7) is 0.